The fourth-order valence-corrected chi connectivity index (χ4v) is 4.62. The average molecular weight is 569 g/mol. The van der Waals surface area contributed by atoms with Crippen molar-refractivity contribution in [2.75, 3.05) is 0 Å². The van der Waals surface area contributed by atoms with Crippen LogP contribution in [0.25, 0.3) is 0 Å². The highest BCUT2D eigenvalue weighted by Crippen LogP contribution is 2.40. The van der Waals surface area contributed by atoms with E-state index >= 15 is 0 Å². The third-order valence-electron chi connectivity index (χ3n) is 7.43. The summed E-state index contributed by atoms with van der Waals surface area (Å²) in [6.45, 7) is 20.6. The van der Waals surface area contributed by atoms with E-state index in [1.165, 1.54) is 41.6 Å². The van der Waals surface area contributed by atoms with Gasteiger partial charge in [0.25, 0.3) is 0 Å². The van der Waals surface area contributed by atoms with E-state index in [2.05, 4.69) is 102 Å². The van der Waals surface area contributed by atoms with Crippen molar-refractivity contribution in [2.24, 2.45) is 5.41 Å². The molecule has 42 heavy (non-hydrogen) atoms. The van der Waals surface area contributed by atoms with Crippen LogP contribution in [0.15, 0.2) is 130 Å². The largest absolute Gasteiger partial charge is 0.390 e. The Bertz CT molecular complexity index is 1250. The minimum Gasteiger partial charge on any atom is -0.390 e. The highest BCUT2D eigenvalue weighted by molar-refractivity contribution is 5.95. The number of aliphatic hydroxyl groups is 1. The molecule has 0 aromatic carbocycles. The minimum atomic E-state index is -0.814. The fourth-order valence-electron chi connectivity index (χ4n) is 4.62. The van der Waals surface area contributed by atoms with Gasteiger partial charge < -0.3 is 5.11 Å². The molecule has 228 valence electrons. The summed E-state index contributed by atoms with van der Waals surface area (Å²) >= 11 is 0. The van der Waals surface area contributed by atoms with Crippen LogP contribution < -0.4 is 0 Å². The van der Waals surface area contributed by atoms with Gasteiger partial charge in [0.05, 0.1) is 5.60 Å². The van der Waals surface area contributed by atoms with Gasteiger partial charge in [0.15, 0.2) is 5.78 Å². The molecule has 0 aromatic rings. The van der Waals surface area contributed by atoms with E-state index in [1.807, 2.05) is 44.2 Å². The van der Waals surface area contributed by atoms with Crippen molar-refractivity contribution in [3.63, 3.8) is 0 Å². The Labute approximate surface area is 257 Å². The van der Waals surface area contributed by atoms with Crippen LogP contribution in [0.1, 0.15) is 101 Å². The molecule has 0 amide bonds. The van der Waals surface area contributed by atoms with Gasteiger partial charge in [0, 0.05) is 6.42 Å². The molecule has 1 N–H and O–H groups in total. The summed E-state index contributed by atoms with van der Waals surface area (Å²) in [5.74, 6) is 0.0696. The van der Waals surface area contributed by atoms with Crippen molar-refractivity contribution < 1.29 is 9.90 Å². The smallest absolute Gasteiger partial charge is 0.158 e. The number of ketones is 1. The van der Waals surface area contributed by atoms with Crippen LogP contribution >= 0.6 is 0 Å². The summed E-state index contributed by atoms with van der Waals surface area (Å²) in [6.07, 6.45) is 35.8. The molecule has 0 unspecified atom stereocenters. The van der Waals surface area contributed by atoms with Gasteiger partial charge in [0.1, 0.15) is 0 Å². The zero-order valence-corrected chi connectivity index (χ0v) is 28.1. The molecular weight excluding hydrogens is 512 g/mol. The molecular formula is C40H56O2. The van der Waals surface area contributed by atoms with Gasteiger partial charge >= 0.3 is 0 Å². The SMILES string of the molecule is CC1=C(/C=C/C(C)=C/C=C/C(C)=C/C=C/C=C(C)/C=C/C=C(C)/C=C/C=C(\C)C(=O)CCC(C)(C)O)C(C)(C)CCC1. The number of allylic oxidation sites excluding steroid dienone is 22. The number of hydrogen-bond donors (Lipinski definition) is 1. The Kier molecular flexibility index (Phi) is 16.1. The molecule has 0 saturated carbocycles. The zero-order chi connectivity index (χ0) is 31.8. The first-order valence-corrected chi connectivity index (χ1v) is 15.3. The van der Waals surface area contributed by atoms with E-state index in [-0.39, 0.29) is 11.2 Å². The van der Waals surface area contributed by atoms with Crippen molar-refractivity contribution in [3.05, 3.63) is 130 Å². The van der Waals surface area contributed by atoms with Gasteiger partial charge in [-0.1, -0.05) is 133 Å². The lowest BCUT2D eigenvalue weighted by atomic mass is 9.72. The monoisotopic (exact) mass is 568 g/mol. The molecule has 2 nitrogen and oxygen atoms in total. The van der Waals surface area contributed by atoms with Crippen LogP contribution in [0.4, 0.5) is 0 Å². The van der Waals surface area contributed by atoms with Crippen molar-refractivity contribution in [1.82, 2.24) is 0 Å². The molecule has 0 heterocycles. The van der Waals surface area contributed by atoms with E-state index in [1.54, 1.807) is 13.8 Å². The first-order valence-electron chi connectivity index (χ1n) is 15.3. The highest BCUT2D eigenvalue weighted by atomic mass is 16.3. The van der Waals surface area contributed by atoms with Crippen molar-refractivity contribution in [2.45, 2.75) is 107 Å². The molecule has 0 aliphatic heterocycles. The lowest BCUT2D eigenvalue weighted by Crippen LogP contribution is -2.20. The molecule has 0 fully saturated rings. The van der Waals surface area contributed by atoms with Gasteiger partial charge in [-0.15, -0.1) is 0 Å². The number of hydrogen-bond acceptors (Lipinski definition) is 2. The zero-order valence-electron chi connectivity index (χ0n) is 28.1. The molecule has 1 aliphatic carbocycles. The topological polar surface area (TPSA) is 37.3 Å². The van der Waals surface area contributed by atoms with Crippen molar-refractivity contribution in [3.8, 4) is 0 Å². The number of rotatable bonds is 14. The molecule has 1 rings (SSSR count). The normalized spacial score (nSPS) is 18.7. The van der Waals surface area contributed by atoms with Crippen molar-refractivity contribution in [1.29, 1.82) is 0 Å². The van der Waals surface area contributed by atoms with Gasteiger partial charge in [-0.05, 0) is 97.6 Å². The molecule has 0 spiro atoms. The minimum absolute atomic E-state index is 0.0696. The highest BCUT2D eigenvalue weighted by Gasteiger charge is 2.26. The summed E-state index contributed by atoms with van der Waals surface area (Å²) in [5, 5.41) is 9.79. The Balaban J connectivity index is 2.60. The van der Waals surface area contributed by atoms with Crippen LogP contribution in [0.5, 0.6) is 0 Å². The number of Topliss-reactive ketones (excluding diaryl/α,β-unsaturated/α-hetero) is 1. The first kappa shape index (κ1) is 36.8. The first-order chi connectivity index (χ1) is 19.6. The molecule has 0 radical (unpaired) electrons. The molecule has 0 aromatic heterocycles. The van der Waals surface area contributed by atoms with Gasteiger partial charge in [-0.2, -0.15) is 0 Å². The summed E-state index contributed by atoms with van der Waals surface area (Å²) in [6, 6.07) is 0. The van der Waals surface area contributed by atoms with Crippen LogP contribution in [-0.4, -0.2) is 16.5 Å². The maximum Gasteiger partial charge on any atom is 0.158 e. The van der Waals surface area contributed by atoms with E-state index < -0.39 is 5.60 Å². The van der Waals surface area contributed by atoms with E-state index in [4.69, 9.17) is 0 Å². The van der Waals surface area contributed by atoms with E-state index in [9.17, 15) is 9.90 Å². The second-order valence-corrected chi connectivity index (χ2v) is 13.0. The van der Waals surface area contributed by atoms with E-state index in [0.717, 1.165) is 11.1 Å². The average Bonchev–Trinajstić information content (AvgIpc) is 2.88. The Hall–Kier alpha value is -3.23. The van der Waals surface area contributed by atoms with Crippen LogP contribution in [-0.2, 0) is 4.79 Å². The number of carbonyl (C=O) groups is 1. The van der Waals surface area contributed by atoms with E-state index in [0.29, 0.717) is 18.4 Å². The Morgan fingerprint density at radius 3 is 1.69 bits per heavy atom. The molecule has 2 heteroatoms. The standard InChI is InChI=1S/C40H56O2/c1-31(19-13-21-33(3)23-15-24-36(6)38(41)28-30-40(9,10)42)17-11-12-18-32(2)20-14-22-34(4)26-27-37-35(5)25-16-29-39(37,7)8/h11-15,17-24,26-27,42H,16,25,28-30H2,1-10H3/b12-11+,19-13+,20-14+,23-15+,27-26+,31-17+,32-18+,33-21+,34-22+,36-24+. The fraction of sp³-hybridized carbons (Fsp3) is 0.425. The third-order valence-corrected chi connectivity index (χ3v) is 7.43. The second kappa shape index (κ2) is 18.3. The summed E-state index contributed by atoms with van der Waals surface area (Å²) in [4.78, 5) is 12.2. The predicted octanol–water partition coefficient (Wildman–Crippen LogP) is 11.1. The number of carbonyl (C=O) groups excluding carboxylic acids is 1. The van der Waals surface area contributed by atoms with Gasteiger partial charge in [-0.25, -0.2) is 0 Å². The van der Waals surface area contributed by atoms with Crippen LogP contribution in [0, 0.1) is 5.41 Å². The summed E-state index contributed by atoms with van der Waals surface area (Å²) in [7, 11) is 0. The lowest BCUT2D eigenvalue weighted by Gasteiger charge is -2.32. The molecule has 1 aliphatic rings. The summed E-state index contributed by atoms with van der Waals surface area (Å²) in [5.41, 5.74) is 7.90. The lowest BCUT2D eigenvalue weighted by molar-refractivity contribution is -0.116. The van der Waals surface area contributed by atoms with Gasteiger partial charge in [0.2, 0.25) is 0 Å². The van der Waals surface area contributed by atoms with Gasteiger partial charge in [-0.3, -0.25) is 4.79 Å². The quantitative estimate of drug-likeness (QED) is 0.167. The Morgan fingerprint density at radius 1 is 0.762 bits per heavy atom. The summed E-state index contributed by atoms with van der Waals surface area (Å²) < 4.78 is 0. The molecule has 0 saturated heterocycles. The van der Waals surface area contributed by atoms with Crippen LogP contribution in [0.2, 0.25) is 0 Å². The second-order valence-electron chi connectivity index (χ2n) is 13.0. The maximum absolute atomic E-state index is 12.2. The van der Waals surface area contributed by atoms with Crippen molar-refractivity contribution >= 4 is 5.78 Å². The van der Waals surface area contributed by atoms with Crippen LogP contribution in [0.3, 0.4) is 0 Å². The predicted molar refractivity (Wildman–Crippen MR) is 185 cm³/mol. The Morgan fingerprint density at radius 2 is 1.21 bits per heavy atom. The third kappa shape index (κ3) is 16.3. The molecule has 0 atom stereocenters. The maximum atomic E-state index is 12.2. The molecule has 0 bridgehead atoms.